The van der Waals surface area contributed by atoms with Crippen LogP contribution in [0.2, 0.25) is 0 Å². The van der Waals surface area contributed by atoms with E-state index in [9.17, 15) is 9.59 Å². The van der Waals surface area contributed by atoms with Gasteiger partial charge in [0.2, 0.25) is 17.8 Å². The van der Waals surface area contributed by atoms with Gasteiger partial charge in [0.1, 0.15) is 18.2 Å². The highest BCUT2D eigenvalue weighted by Gasteiger charge is 2.30. The lowest BCUT2D eigenvalue weighted by atomic mass is 10.1. The SMILES string of the molecule is NC(=O)C1CC1.O=C(Nc1nc2cccc(-c3ccc(OCc4ccc(N5CCOCC5)nc4)cc3)n2n1)C1CC1. The number of hydrogen-bond acceptors (Lipinski definition) is 8. The lowest BCUT2D eigenvalue weighted by Crippen LogP contribution is -2.36. The number of primary amides is 1. The summed E-state index contributed by atoms with van der Waals surface area (Å²) in [6.07, 6.45) is 5.79. The molecule has 3 fully saturated rings. The fourth-order valence-corrected chi connectivity index (χ4v) is 4.47. The van der Waals surface area contributed by atoms with Gasteiger partial charge in [-0.15, -0.1) is 5.10 Å². The van der Waals surface area contributed by atoms with Crippen LogP contribution in [0.15, 0.2) is 60.8 Å². The van der Waals surface area contributed by atoms with Crippen LogP contribution in [-0.2, 0) is 20.9 Å². The number of hydrogen-bond donors (Lipinski definition) is 2. The second-order valence-electron chi connectivity index (χ2n) is 10.5. The molecular formula is C30H33N7O4. The maximum atomic E-state index is 12.1. The van der Waals surface area contributed by atoms with E-state index in [0.29, 0.717) is 18.2 Å². The molecule has 0 radical (unpaired) electrons. The number of benzene rings is 1. The molecule has 0 spiro atoms. The summed E-state index contributed by atoms with van der Waals surface area (Å²) in [6, 6.07) is 17.7. The van der Waals surface area contributed by atoms with Gasteiger partial charge in [-0.2, -0.15) is 4.98 Å². The number of ether oxygens (including phenoxy) is 2. The molecule has 1 saturated heterocycles. The van der Waals surface area contributed by atoms with Crippen molar-refractivity contribution >= 4 is 29.2 Å². The molecule has 1 aliphatic heterocycles. The van der Waals surface area contributed by atoms with Gasteiger partial charge in [0, 0.05) is 42.2 Å². The maximum Gasteiger partial charge on any atom is 0.249 e. The third kappa shape index (κ3) is 6.80. The Morgan fingerprint density at radius 3 is 2.37 bits per heavy atom. The van der Waals surface area contributed by atoms with Crippen molar-refractivity contribution in [3.05, 3.63) is 66.4 Å². The van der Waals surface area contributed by atoms with Crippen LogP contribution in [-0.4, -0.2) is 57.7 Å². The Balaban J connectivity index is 0.000000449. The first kappa shape index (κ1) is 26.7. The molecule has 41 heavy (non-hydrogen) atoms. The van der Waals surface area contributed by atoms with Crippen LogP contribution in [0.3, 0.4) is 0 Å². The summed E-state index contributed by atoms with van der Waals surface area (Å²) in [5.41, 5.74) is 8.42. The number of fused-ring (bicyclic) bond motifs is 1. The van der Waals surface area contributed by atoms with Crippen molar-refractivity contribution in [1.29, 1.82) is 0 Å². The predicted molar refractivity (Wildman–Crippen MR) is 153 cm³/mol. The summed E-state index contributed by atoms with van der Waals surface area (Å²) in [5, 5.41) is 7.32. The molecule has 7 rings (SSSR count). The van der Waals surface area contributed by atoms with E-state index in [1.54, 1.807) is 4.52 Å². The average Bonchev–Trinajstić information content (AvgIpc) is 3.93. The van der Waals surface area contributed by atoms with Crippen molar-refractivity contribution in [2.45, 2.75) is 32.3 Å². The van der Waals surface area contributed by atoms with Gasteiger partial charge >= 0.3 is 0 Å². The molecular weight excluding hydrogens is 522 g/mol. The van der Waals surface area contributed by atoms with Crippen molar-refractivity contribution in [2.24, 2.45) is 17.6 Å². The number of nitrogens with zero attached hydrogens (tertiary/aromatic N) is 5. The van der Waals surface area contributed by atoms with Crippen LogP contribution >= 0.6 is 0 Å². The molecule has 0 atom stereocenters. The highest BCUT2D eigenvalue weighted by molar-refractivity contribution is 5.92. The Morgan fingerprint density at radius 1 is 0.976 bits per heavy atom. The summed E-state index contributed by atoms with van der Waals surface area (Å²) < 4.78 is 13.1. The molecule has 3 aliphatic rings. The van der Waals surface area contributed by atoms with E-state index >= 15 is 0 Å². The second-order valence-corrected chi connectivity index (χ2v) is 10.5. The highest BCUT2D eigenvalue weighted by Crippen LogP contribution is 2.30. The van der Waals surface area contributed by atoms with Gasteiger partial charge in [-0.3, -0.25) is 14.9 Å². The van der Waals surface area contributed by atoms with E-state index < -0.39 is 0 Å². The Bertz CT molecular complexity index is 1510. The van der Waals surface area contributed by atoms with Gasteiger partial charge in [-0.1, -0.05) is 12.1 Å². The fraction of sp³-hybridized carbons (Fsp3) is 0.367. The minimum absolute atomic E-state index is 0.00473. The summed E-state index contributed by atoms with van der Waals surface area (Å²) in [6.45, 7) is 3.67. The molecule has 4 heterocycles. The normalized spacial score (nSPS) is 16.5. The number of nitrogens with one attached hydrogen (secondary N) is 1. The van der Waals surface area contributed by atoms with E-state index in [0.717, 1.165) is 80.4 Å². The number of anilines is 2. The summed E-state index contributed by atoms with van der Waals surface area (Å²) in [7, 11) is 0. The minimum Gasteiger partial charge on any atom is -0.489 e. The van der Waals surface area contributed by atoms with Crippen LogP contribution < -0.4 is 20.7 Å². The third-order valence-electron chi connectivity index (χ3n) is 7.22. The average molecular weight is 556 g/mol. The minimum atomic E-state index is -0.130. The lowest BCUT2D eigenvalue weighted by molar-refractivity contribution is -0.119. The Morgan fingerprint density at radius 2 is 1.73 bits per heavy atom. The Hall–Kier alpha value is -4.51. The standard InChI is InChI=1S/C26H26N6O3.C4H7NO/c33-25(20-5-6-20)29-26-28-24-3-1-2-22(32(24)30-26)19-7-9-21(10-8-19)35-17-18-4-11-23(27-16-18)31-12-14-34-15-13-31;5-4(6)3-1-2-3/h1-4,7-11,16,20H,5-6,12-15,17H2,(H,29,30,33);3H,1-2H2,(H2,5,6). The molecule has 0 bridgehead atoms. The van der Waals surface area contributed by atoms with Crippen LogP contribution in [0, 0.1) is 11.8 Å². The third-order valence-corrected chi connectivity index (χ3v) is 7.22. The Kier molecular flexibility index (Phi) is 7.77. The zero-order chi connectivity index (χ0) is 28.2. The van der Waals surface area contributed by atoms with E-state index in [-0.39, 0.29) is 23.7 Å². The predicted octanol–water partition coefficient (Wildman–Crippen LogP) is 3.44. The van der Waals surface area contributed by atoms with Crippen molar-refractivity contribution in [3.63, 3.8) is 0 Å². The van der Waals surface area contributed by atoms with E-state index in [4.69, 9.17) is 15.2 Å². The van der Waals surface area contributed by atoms with Crippen LogP contribution in [0.25, 0.3) is 16.9 Å². The van der Waals surface area contributed by atoms with Gasteiger partial charge in [-0.05, 0) is 68.1 Å². The first-order valence-electron chi connectivity index (χ1n) is 14.0. The number of carbonyl (C=O) groups excluding carboxylic acids is 2. The van der Waals surface area contributed by atoms with Gasteiger partial charge < -0.3 is 20.1 Å². The monoisotopic (exact) mass is 555 g/mol. The van der Waals surface area contributed by atoms with Gasteiger partial charge in [0.05, 0.1) is 18.9 Å². The molecule has 2 saturated carbocycles. The lowest BCUT2D eigenvalue weighted by Gasteiger charge is -2.27. The largest absolute Gasteiger partial charge is 0.489 e. The number of pyridine rings is 2. The van der Waals surface area contributed by atoms with Gasteiger partial charge in [0.15, 0.2) is 5.65 Å². The summed E-state index contributed by atoms with van der Waals surface area (Å²) in [5.74, 6) is 2.29. The zero-order valence-electron chi connectivity index (χ0n) is 22.7. The number of amides is 2. The molecule has 4 aromatic rings. The molecule has 11 nitrogen and oxygen atoms in total. The number of carbonyl (C=O) groups is 2. The maximum absolute atomic E-state index is 12.1. The van der Waals surface area contributed by atoms with Crippen molar-refractivity contribution in [3.8, 4) is 17.0 Å². The molecule has 3 aromatic heterocycles. The molecule has 2 amide bonds. The summed E-state index contributed by atoms with van der Waals surface area (Å²) >= 11 is 0. The highest BCUT2D eigenvalue weighted by atomic mass is 16.5. The zero-order valence-corrected chi connectivity index (χ0v) is 22.7. The Labute approximate surface area is 237 Å². The number of aromatic nitrogens is 4. The van der Waals surface area contributed by atoms with Gasteiger partial charge in [0.25, 0.3) is 0 Å². The van der Waals surface area contributed by atoms with Crippen molar-refractivity contribution < 1.29 is 19.1 Å². The molecule has 1 aromatic carbocycles. The second kappa shape index (κ2) is 11.9. The molecule has 11 heteroatoms. The smallest absolute Gasteiger partial charge is 0.249 e. The first-order chi connectivity index (χ1) is 20.0. The van der Waals surface area contributed by atoms with E-state index in [2.05, 4.69) is 31.3 Å². The summed E-state index contributed by atoms with van der Waals surface area (Å²) in [4.78, 5) is 33.3. The molecule has 212 valence electrons. The fourth-order valence-electron chi connectivity index (χ4n) is 4.47. The van der Waals surface area contributed by atoms with Crippen molar-refractivity contribution in [2.75, 3.05) is 36.5 Å². The van der Waals surface area contributed by atoms with E-state index in [1.807, 2.05) is 54.7 Å². The number of rotatable bonds is 8. The van der Waals surface area contributed by atoms with Crippen LogP contribution in [0.5, 0.6) is 5.75 Å². The molecule has 2 aliphatic carbocycles. The van der Waals surface area contributed by atoms with Crippen molar-refractivity contribution in [1.82, 2.24) is 19.6 Å². The quantitative estimate of drug-likeness (QED) is 0.337. The molecule has 3 N–H and O–H groups in total. The first-order valence-corrected chi connectivity index (χ1v) is 14.0. The number of morpholine rings is 1. The topological polar surface area (TPSA) is 137 Å². The number of nitrogens with two attached hydrogens (primary N) is 1. The van der Waals surface area contributed by atoms with Crippen LogP contribution in [0.4, 0.5) is 11.8 Å². The van der Waals surface area contributed by atoms with E-state index in [1.165, 1.54) is 0 Å². The van der Waals surface area contributed by atoms with Crippen LogP contribution in [0.1, 0.15) is 31.2 Å². The molecule has 0 unspecified atom stereocenters. The van der Waals surface area contributed by atoms with Gasteiger partial charge in [-0.25, -0.2) is 9.50 Å².